The van der Waals surface area contributed by atoms with Crippen molar-refractivity contribution in [3.05, 3.63) is 17.5 Å². The Morgan fingerprint density at radius 2 is 2.18 bits per heavy atom. The van der Waals surface area contributed by atoms with Crippen LogP contribution in [0.25, 0.3) is 0 Å². The van der Waals surface area contributed by atoms with Crippen molar-refractivity contribution in [2.75, 3.05) is 26.2 Å². The van der Waals surface area contributed by atoms with E-state index >= 15 is 0 Å². The normalized spacial score (nSPS) is 22.7. The Morgan fingerprint density at radius 3 is 2.82 bits per heavy atom. The standard InChI is InChI=1S/C16H29N5O/c1-14(2)6-8-16(13-22)7-4-9-20(12-16)10-5-11-21-15(3)17-18-19-21/h6,22H,4-5,7-13H2,1-3H3/t16-/m0/s1. The first-order valence-electron chi connectivity index (χ1n) is 8.24. The van der Waals surface area contributed by atoms with Crippen LogP contribution in [-0.2, 0) is 6.54 Å². The van der Waals surface area contributed by atoms with Crippen molar-refractivity contribution in [1.82, 2.24) is 25.1 Å². The molecule has 124 valence electrons. The van der Waals surface area contributed by atoms with Crippen LogP contribution >= 0.6 is 0 Å². The van der Waals surface area contributed by atoms with Crippen molar-refractivity contribution in [2.24, 2.45) is 5.41 Å². The molecule has 1 N–H and O–H groups in total. The zero-order valence-electron chi connectivity index (χ0n) is 14.1. The molecule has 0 amide bonds. The molecule has 0 unspecified atom stereocenters. The molecule has 0 spiro atoms. The predicted octanol–water partition coefficient (Wildman–Crippen LogP) is 1.80. The lowest BCUT2D eigenvalue weighted by Gasteiger charge is -2.41. The molecule has 1 aromatic heterocycles. The van der Waals surface area contributed by atoms with Gasteiger partial charge in [0.25, 0.3) is 0 Å². The lowest BCUT2D eigenvalue weighted by molar-refractivity contribution is 0.0332. The maximum Gasteiger partial charge on any atom is 0.148 e. The van der Waals surface area contributed by atoms with E-state index in [-0.39, 0.29) is 12.0 Å². The third-order valence-corrected chi connectivity index (χ3v) is 4.57. The van der Waals surface area contributed by atoms with E-state index in [1.807, 2.05) is 11.6 Å². The highest BCUT2D eigenvalue weighted by atomic mass is 16.3. The maximum absolute atomic E-state index is 9.90. The molecule has 1 saturated heterocycles. The molecule has 1 fully saturated rings. The van der Waals surface area contributed by atoms with Crippen LogP contribution in [0.4, 0.5) is 0 Å². The monoisotopic (exact) mass is 307 g/mol. The van der Waals surface area contributed by atoms with Crippen molar-refractivity contribution in [3.63, 3.8) is 0 Å². The van der Waals surface area contributed by atoms with Crippen LogP contribution in [0.2, 0.25) is 0 Å². The minimum atomic E-state index is 0.0419. The number of nitrogens with zero attached hydrogens (tertiary/aromatic N) is 5. The first kappa shape index (κ1) is 17.1. The third kappa shape index (κ3) is 4.61. The number of aromatic nitrogens is 4. The van der Waals surface area contributed by atoms with E-state index in [0.717, 1.165) is 51.3 Å². The molecule has 0 saturated carbocycles. The van der Waals surface area contributed by atoms with Gasteiger partial charge in [0.2, 0.25) is 0 Å². The molecule has 0 aromatic carbocycles. The summed E-state index contributed by atoms with van der Waals surface area (Å²) in [6.07, 6.45) is 6.57. The van der Waals surface area contributed by atoms with Crippen LogP contribution < -0.4 is 0 Å². The molecule has 22 heavy (non-hydrogen) atoms. The highest BCUT2D eigenvalue weighted by Crippen LogP contribution is 2.33. The largest absolute Gasteiger partial charge is 0.396 e. The Morgan fingerprint density at radius 1 is 1.36 bits per heavy atom. The molecule has 6 heteroatoms. The van der Waals surface area contributed by atoms with Gasteiger partial charge in [-0.15, -0.1) is 5.10 Å². The van der Waals surface area contributed by atoms with E-state index in [9.17, 15) is 5.11 Å². The molecule has 2 heterocycles. The van der Waals surface area contributed by atoms with Gasteiger partial charge >= 0.3 is 0 Å². The van der Waals surface area contributed by atoms with Crippen LogP contribution in [0.5, 0.6) is 0 Å². The first-order chi connectivity index (χ1) is 10.5. The van der Waals surface area contributed by atoms with Gasteiger partial charge in [0.05, 0.1) is 6.61 Å². The van der Waals surface area contributed by atoms with Gasteiger partial charge in [-0.1, -0.05) is 11.6 Å². The number of rotatable bonds is 7. The van der Waals surface area contributed by atoms with E-state index in [1.54, 1.807) is 0 Å². The van der Waals surface area contributed by atoms with E-state index in [2.05, 4.69) is 40.3 Å². The summed E-state index contributed by atoms with van der Waals surface area (Å²) in [7, 11) is 0. The van der Waals surface area contributed by atoms with Gasteiger partial charge < -0.3 is 10.0 Å². The second-order valence-electron chi connectivity index (χ2n) is 6.83. The van der Waals surface area contributed by atoms with Crippen LogP contribution in [0.3, 0.4) is 0 Å². The smallest absolute Gasteiger partial charge is 0.148 e. The minimum absolute atomic E-state index is 0.0419. The average molecular weight is 307 g/mol. The average Bonchev–Trinajstić information content (AvgIpc) is 2.91. The van der Waals surface area contributed by atoms with Crippen molar-refractivity contribution in [3.8, 4) is 0 Å². The molecule has 6 nitrogen and oxygen atoms in total. The Labute approximate surface area is 133 Å². The Balaban J connectivity index is 1.84. The Kier molecular flexibility index (Phi) is 6.08. The molecule has 1 aliphatic heterocycles. The molecule has 1 aliphatic rings. The number of tetrazole rings is 1. The van der Waals surface area contributed by atoms with Crippen LogP contribution in [0.15, 0.2) is 11.6 Å². The molecule has 0 bridgehead atoms. The number of likely N-dealkylation sites (tertiary alicyclic amines) is 1. The third-order valence-electron chi connectivity index (χ3n) is 4.57. The second kappa shape index (κ2) is 7.83. The van der Waals surface area contributed by atoms with Crippen molar-refractivity contribution >= 4 is 0 Å². The summed E-state index contributed by atoms with van der Waals surface area (Å²) in [6, 6.07) is 0. The second-order valence-corrected chi connectivity index (χ2v) is 6.83. The summed E-state index contributed by atoms with van der Waals surface area (Å²) in [6.45, 7) is 10.5. The summed E-state index contributed by atoms with van der Waals surface area (Å²) in [5.74, 6) is 0.868. The highest BCUT2D eigenvalue weighted by Gasteiger charge is 2.33. The van der Waals surface area contributed by atoms with E-state index in [4.69, 9.17) is 0 Å². The van der Waals surface area contributed by atoms with E-state index < -0.39 is 0 Å². The first-order valence-corrected chi connectivity index (χ1v) is 8.24. The molecule has 0 aliphatic carbocycles. The number of hydrogen-bond acceptors (Lipinski definition) is 5. The highest BCUT2D eigenvalue weighted by molar-refractivity contribution is 5.00. The molecular weight excluding hydrogens is 278 g/mol. The van der Waals surface area contributed by atoms with E-state index in [0.29, 0.717) is 0 Å². The van der Waals surface area contributed by atoms with Gasteiger partial charge in [0, 0.05) is 18.5 Å². The number of aliphatic hydroxyl groups is 1. The van der Waals surface area contributed by atoms with Gasteiger partial charge in [-0.3, -0.25) is 0 Å². The van der Waals surface area contributed by atoms with Gasteiger partial charge in [-0.25, -0.2) is 4.68 Å². The Hall–Kier alpha value is -1.27. The van der Waals surface area contributed by atoms with Gasteiger partial charge in [-0.05, 0) is 70.0 Å². The summed E-state index contributed by atoms with van der Waals surface area (Å²) < 4.78 is 1.85. The zero-order chi connectivity index (χ0) is 16.0. The van der Waals surface area contributed by atoms with Crippen LogP contribution in [-0.4, -0.2) is 56.5 Å². The van der Waals surface area contributed by atoms with Gasteiger partial charge in [-0.2, -0.15) is 0 Å². The molecule has 1 atom stereocenters. The molecule has 2 rings (SSSR count). The number of aliphatic hydroxyl groups excluding tert-OH is 1. The summed E-state index contributed by atoms with van der Waals surface area (Å²) in [5.41, 5.74) is 1.37. The van der Waals surface area contributed by atoms with E-state index in [1.165, 1.54) is 12.0 Å². The predicted molar refractivity (Wildman–Crippen MR) is 86.4 cm³/mol. The number of piperidine rings is 1. The Bertz CT molecular complexity index is 494. The van der Waals surface area contributed by atoms with Gasteiger partial charge in [0.1, 0.15) is 5.82 Å². The van der Waals surface area contributed by atoms with Crippen LogP contribution in [0, 0.1) is 12.3 Å². The summed E-state index contributed by atoms with van der Waals surface area (Å²) in [4.78, 5) is 2.48. The fourth-order valence-electron chi connectivity index (χ4n) is 3.18. The topological polar surface area (TPSA) is 67.1 Å². The number of hydrogen-bond donors (Lipinski definition) is 1. The maximum atomic E-state index is 9.90. The number of aryl methyl sites for hydroxylation is 2. The van der Waals surface area contributed by atoms with Crippen LogP contribution in [0.1, 0.15) is 45.4 Å². The number of allylic oxidation sites excluding steroid dienone is 2. The molecular formula is C16H29N5O. The lowest BCUT2D eigenvalue weighted by Crippen LogP contribution is -2.45. The molecule has 0 radical (unpaired) electrons. The van der Waals surface area contributed by atoms with Gasteiger partial charge in [0.15, 0.2) is 0 Å². The lowest BCUT2D eigenvalue weighted by atomic mass is 9.77. The van der Waals surface area contributed by atoms with Crippen molar-refractivity contribution < 1.29 is 5.11 Å². The van der Waals surface area contributed by atoms with Crippen molar-refractivity contribution in [1.29, 1.82) is 0 Å². The quantitative estimate of drug-likeness (QED) is 0.778. The minimum Gasteiger partial charge on any atom is -0.396 e. The fourth-order valence-corrected chi connectivity index (χ4v) is 3.18. The fraction of sp³-hybridized carbons (Fsp3) is 0.812. The zero-order valence-corrected chi connectivity index (χ0v) is 14.1. The SMILES string of the molecule is CC(C)=CC[C@@]1(CO)CCCN(CCCn2nnnc2C)C1. The summed E-state index contributed by atoms with van der Waals surface area (Å²) >= 11 is 0. The molecule has 1 aromatic rings. The summed E-state index contributed by atoms with van der Waals surface area (Å²) in [5, 5.41) is 21.5. The van der Waals surface area contributed by atoms with Crippen molar-refractivity contribution in [2.45, 2.75) is 53.0 Å².